The van der Waals surface area contributed by atoms with Crippen LogP contribution in [0.1, 0.15) is 44.6 Å². The Bertz CT molecular complexity index is 456. The van der Waals surface area contributed by atoms with Crippen molar-refractivity contribution in [3.05, 3.63) is 22.7 Å². The molecule has 112 valence electrons. The van der Waals surface area contributed by atoms with Crippen molar-refractivity contribution in [2.75, 3.05) is 14.2 Å². The van der Waals surface area contributed by atoms with E-state index in [0.29, 0.717) is 16.5 Å². The minimum atomic E-state index is 0.231. The first-order valence-electron chi connectivity index (χ1n) is 7.24. The third kappa shape index (κ3) is 3.39. The fourth-order valence-electron chi connectivity index (χ4n) is 2.88. The lowest BCUT2D eigenvalue weighted by atomic mass is 9.83. The summed E-state index contributed by atoms with van der Waals surface area (Å²) in [6, 6.07) is 3.91. The smallest absolute Gasteiger partial charge is 0.179 e. The zero-order valence-corrected chi connectivity index (χ0v) is 13.3. The van der Waals surface area contributed by atoms with Crippen LogP contribution >= 0.6 is 11.6 Å². The van der Waals surface area contributed by atoms with Crippen molar-refractivity contribution < 1.29 is 9.47 Å². The maximum absolute atomic E-state index is 6.41. The summed E-state index contributed by atoms with van der Waals surface area (Å²) in [4.78, 5) is 0. The molecule has 2 rings (SSSR count). The maximum Gasteiger partial charge on any atom is 0.179 e. The van der Waals surface area contributed by atoms with Crippen LogP contribution in [-0.4, -0.2) is 19.8 Å². The molecule has 0 heterocycles. The minimum Gasteiger partial charge on any atom is -0.493 e. The van der Waals surface area contributed by atoms with Gasteiger partial charge >= 0.3 is 0 Å². The summed E-state index contributed by atoms with van der Waals surface area (Å²) < 4.78 is 10.6. The molecule has 0 amide bonds. The van der Waals surface area contributed by atoms with Crippen molar-refractivity contribution in [1.82, 2.24) is 5.32 Å². The summed E-state index contributed by atoms with van der Waals surface area (Å²) in [6.45, 7) is 3.07. The highest BCUT2D eigenvalue weighted by Crippen LogP contribution is 2.37. The van der Waals surface area contributed by atoms with Crippen LogP contribution in [-0.2, 0) is 6.54 Å². The van der Waals surface area contributed by atoms with Crippen molar-refractivity contribution in [3.8, 4) is 11.5 Å². The predicted octanol–water partition coefficient (Wildman–Crippen LogP) is 4.17. The lowest BCUT2D eigenvalue weighted by Crippen LogP contribution is -2.43. The highest BCUT2D eigenvalue weighted by molar-refractivity contribution is 6.33. The Morgan fingerprint density at radius 2 is 1.85 bits per heavy atom. The molecule has 0 unspecified atom stereocenters. The highest BCUT2D eigenvalue weighted by Gasteiger charge is 2.26. The van der Waals surface area contributed by atoms with Gasteiger partial charge in [0.25, 0.3) is 0 Å². The molecule has 0 saturated heterocycles. The SMILES string of the molecule is COc1ccc(CNC2(C)CCCCC2)c(Cl)c1OC. The van der Waals surface area contributed by atoms with E-state index in [1.165, 1.54) is 32.1 Å². The van der Waals surface area contributed by atoms with Gasteiger partial charge in [0.15, 0.2) is 11.5 Å². The van der Waals surface area contributed by atoms with E-state index in [0.717, 1.165) is 12.1 Å². The monoisotopic (exact) mass is 297 g/mol. The Kier molecular flexibility index (Phi) is 5.17. The van der Waals surface area contributed by atoms with Crippen LogP contribution < -0.4 is 14.8 Å². The molecule has 1 saturated carbocycles. The number of benzene rings is 1. The number of halogens is 1. The number of hydrogen-bond donors (Lipinski definition) is 1. The average Bonchev–Trinajstić information content (AvgIpc) is 2.46. The van der Waals surface area contributed by atoms with E-state index < -0.39 is 0 Å². The third-order valence-electron chi connectivity index (χ3n) is 4.23. The van der Waals surface area contributed by atoms with E-state index in [1.807, 2.05) is 12.1 Å². The second-order valence-electron chi connectivity index (χ2n) is 5.75. The molecule has 3 nitrogen and oxygen atoms in total. The molecule has 20 heavy (non-hydrogen) atoms. The third-order valence-corrected chi connectivity index (χ3v) is 4.64. The van der Waals surface area contributed by atoms with E-state index in [9.17, 15) is 0 Å². The molecule has 1 aromatic rings. The number of nitrogens with one attached hydrogen (secondary N) is 1. The Morgan fingerprint density at radius 1 is 1.15 bits per heavy atom. The molecular weight excluding hydrogens is 274 g/mol. The van der Waals surface area contributed by atoms with Gasteiger partial charge in [-0.1, -0.05) is 36.9 Å². The first-order chi connectivity index (χ1) is 9.59. The Balaban J connectivity index is 2.09. The standard InChI is InChI=1S/C16H24ClNO2/c1-16(9-5-4-6-10-16)18-11-12-7-8-13(19-2)15(20-3)14(12)17/h7-8,18H,4-6,9-11H2,1-3H3. The van der Waals surface area contributed by atoms with E-state index in [-0.39, 0.29) is 5.54 Å². The number of methoxy groups -OCH3 is 2. The quantitative estimate of drug-likeness (QED) is 0.885. The van der Waals surface area contributed by atoms with Gasteiger partial charge in [0.1, 0.15) is 0 Å². The van der Waals surface area contributed by atoms with Gasteiger partial charge in [-0.25, -0.2) is 0 Å². The maximum atomic E-state index is 6.41. The van der Waals surface area contributed by atoms with E-state index >= 15 is 0 Å². The predicted molar refractivity (Wildman–Crippen MR) is 82.9 cm³/mol. The van der Waals surface area contributed by atoms with Crippen molar-refractivity contribution >= 4 is 11.6 Å². The first-order valence-corrected chi connectivity index (χ1v) is 7.62. The number of hydrogen-bond acceptors (Lipinski definition) is 3. The molecule has 1 N–H and O–H groups in total. The summed E-state index contributed by atoms with van der Waals surface area (Å²) in [5, 5.41) is 4.30. The summed E-state index contributed by atoms with van der Waals surface area (Å²) >= 11 is 6.41. The summed E-state index contributed by atoms with van der Waals surface area (Å²) in [5.74, 6) is 1.28. The van der Waals surface area contributed by atoms with E-state index in [1.54, 1.807) is 14.2 Å². The van der Waals surface area contributed by atoms with Gasteiger partial charge in [-0.05, 0) is 31.4 Å². The summed E-state index contributed by atoms with van der Waals surface area (Å²) in [5.41, 5.74) is 1.28. The second-order valence-corrected chi connectivity index (χ2v) is 6.13. The van der Waals surface area contributed by atoms with Gasteiger partial charge in [-0.3, -0.25) is 0 Å². The molecule has 4 heteroatoms. The zero-order chi connectivity index (χ0) is 14.6. The van der Waals surface area contributed by atoms with E-state index in [2.05, 4.69) is 12.2 Å². The van der Waals surface area contributed by atoms with Gasteiger partial charge in [-0.2, -0.15) is 0 Å². The second kappa shape index (κ2) is 6.68. The molecule has 0 bridgehead atoms. The molecule has 1 aliphatic rings. The lowest BCUT2D eigenvalue weighted by molar-refractivity contribution is 0.252. The van der Waals surface area contributed by atoms with Crippen molar-refractivity contribution in [3.63, 3.8) is 0 Å². The van der Waals surface area contributed by atoms with Gasteiger partial charge in [0.05, 0.1) is 19.2 Å². The van der Waals surface area contributed by atoms with Crippen LogP contribution in [0.2, 0.25) is 5.02 Å². The molecule has 1 aliphatic carbocycles. The number of ether oxygens (including phenoxy) is 2. The lowest BCUT2D eigenvalue weighted by Gasteiger charge is -2.35. The molecule has 0 atom stereocenters. The molecular formula is C16H24ClNO2. The summed E-state index contributed by atoms with van der Waals surface area (Å²) in [7, 11) is 3.23. The highest BCUT2D eigenvalue weighted by atomic mass is 35.5. The van der Waals surface area contributed by atoms with Crippen LogP contribution in [0.15, 0.2) is 12.1 Å². The topological polar surface area (TPSA) is 30.5 Å². The van der Waals surface area contributed by atoms with Gasteiger partial charge in [0, 0.05) is 12.1 Å². The average molecular weight is 298 g/mol. The first kappa shape index (κ1) is 15.5. The molecule has 0 aromatic heterocycles. The van der Waals surface area contributed by atoms with Crippen LogP contribution in [0.4, 0.5) is 0 Å². The van der Waals surface area contributed by atoms with Crippen molar-refractivity contribution in [2.45, 2.75) is 51.1 Å². The molecule has 1 fully saturated rings. The van der Waals surface area contributed by atoms with E-state index in [4.69, 9.17) is 21.1 Å². The summed E-state index contributed by atoms with van der Waals surface area (Å²) in [6.07, 6.45) is 6.44. The van der Waals surface area contributed by atoms with Gasteiger partial charge < -0.3 is 14.8 Å². The van der Waals surface area contributed by atoms with Crippen molar-refractivity contribution in [2.24, 2.45) is 0 Å². The van der Waals surface area contributed by atoms with Crippen LogP contribution in [0.25, 0.3) is 0 Å². The molecule has 1 aromatic carbocycles. The zero-order valence-electron chi connectivity index (χ0n) is 12.6. The van der Waals surface area contributed by atoms with Gasteiger partial charge in [0.2, 0.25) is 0 Å². The normalized spacial score (nSPS) is 17.8. The minimum absolute atomic E-state index is 0.231. The van der Waals surface area contributed by atoms with Crippen LogP contribution in [0.3, 0.4) is 0 Å². The molecule has 0 aliphatic heterocycles. The fourth-order valence-corrected chi connectivity index (χ4v) is 3.18. The molecule has 0 radical (unpaired) electrons. The van der Waals surface area contributed by atoms with Crippen LogP contribution in [0, 0.1) is 0 Å². The molecule has 0 spiro atoms. The van der Waals surface area contributed by atoms with Gasteiger partial charge in [-0.15, -0.1) is 0 Å². The Hall–Kier alpha value is -0.930. The Labute approximate surface area is 126 Å². The largest absolute Gasteiger partial charge is 0.493 e. The van der Waals surface area contributed by atoms with Crippen molar-refractivity contribution in [1.29, 1.82) is 0 Å². The Morgan fingerprint density at radius 3 is 2.45 bits per heavy atom. The number of rotatable bonds is 5. The fraction of sp³-hybridized carbons (Fsp3) is 0.625. The van der Waals surface area contributed by atoms with Crippen LogP contribution in [0.5, 0.6) is 11.5 Å².